The van der Waals surface area contributed by atoms with Crippen molar-refractivity contribution < 1.29 is 0 Å². The van der Waals surface area contributed by atoms with Crippen LogP contribution in [0, 0.1) is 0 Å². The zero-order valence-electron chi connectivity index (χ0n) is 8.20. The number of imidazole rings is 1. The number of nitrogens with two attached hydrogens (primary N) is 1. The first-order chi connectivity index (χ1) is 7.25. The number of benzene rings is 1. The van der Waals surface area contributed by atoms with Crippen LogP contribution in [-0.2, 0) is 12.8 Å². The van der Waals surface area contributed by atoms with E-state index in [-0.39, 0.29) is 0 Å². The van der Waals surface area contributed by atoms with E-state index in [1.807, 2.05) is 24.3 Å². The Hall–Kier alpha value is -1.48. The molecular weight excluding hydrogens is 210 g/mol. The maximum atomic E-state index is 6.05. The monoisotopic (exact) mass is 221 g/mol. The van der Waals surface area contributed by atoms with Gasteiger partial charge in [0.2, 0.25) is 0 Å². The van der Waals surface area contributed by atoms with Crippen molar-refractivity contribution in [3.63, 3.8) is 0 Å². The van der Waals surface area contributed by atoms with Crippen molar-refractivity contribution >= 4 is 17.5 Å². The quantitative estimate of drug-likeness (QED) is 0.837. The second-order valence-electron chi connectivity index (χ2n) is 3.39. The van der Waals surface area contributed by atoms with E-state index in [0.29, 0.717) is 5.95 Å². The highest BCUT2D eigenvalue weighted by molar-refractivity contribution is 6.31. The van der Waals surface area contributed by atoms with Crippen LogP contribution in [0.25, 0.3) is 0 Å². The minimum Gasteiger partial charge on any atom is -0.369 e. The smallest absolute Gasteiger partial charge is 0.197 e. The van der Waals surface area contributed by atoms with Crippen LogP contribution in [0.15, 0.2) is 30.5 Å². The normalized spacial score (nSPS) is 10.5. The third kappa shape index (κ3) is 2.50. The SMILES string of the molecule is Nc1ncc(CCc2ccccc2Cl)[nH]1. The molecule has 2 rings (SSSR count). The molecule has 3 N–H and O–H groups in total. The van der Waals surface area contributed by atoms with Gasteiger partial charge in [-0.25, -0.2) is 4.98 Å². The number of aromatic amines is 1. The Balaban J connectivity index is 2.02. The van der Waals surface area contributed by atoms with Gasteiger partial charge in [0.15, 0.2) is 5.95 Å². The van der Waals surface area contributed by atoms with Crippen molar-refractivity contribution in [1.29, 1.82) is 0 Å². The van der Waals surface area contributed by atoms with Crippen LogP contribution in [-0.4, -0.2) is 9.97 Å². The minimum atomic E-state index is 0.462. The molecule has 0 atom stereocenters. The summed E-state index contributed by atoms with van der Waals surface area (Å²) < 4.78 is 0. The van der Waals surface area contributed by atoms with E-state index in [0.717, 1.165) is 29.1 Å². The molecule has 78 valence electrons. The fourth-order valence-electron chi connectivity index (χ4n) is 1.47. The number of anilines is 1. The van der Waals surface area contributed by atoms with Gasteiger partial charge in [-0.2, -0.15) is 0 Å². The maximum absolute atomic E-state index is 6.05. The number of H-pyrrole nitrogens is 1. The summed E-state index contributed by atoms with van der Waals surface area (Å²) in [4.78, 5) is 6.93. The number of aryl methyl sites for hydroxylation is 2. The van der Waals surface area contributed by atoms with Gasteiger partial charge in [-0.05, 0) is 24.5 Å². The van der Waals surface area contributed by atoms with Crippen molar-refractivity contribution in [3.05, 3.63) is 46.7 Å². The van der Waals surface area contributed by atoms with Gasteiger partial charge in [-0.3, -0.25) is 0 Å². The molecule has 0 fully saturated rings. The van der Waals surface area contributed by atoms with Gasteiger partial charge in [-0.15, -0.1) is 0 Å². The van der Waals surface area contributed by atoms with Crippen LogP contribution in [0.5, 0.6) is 0 Å². The molecule has 15 heavy (non-hydrogen) atoms. The molecule has 1 heterocycles. The number of aromatic nitrogens is 2. The van der Waals surface area contributed by atoms with Crippen molar-refractivity contribution in [2.45, 2.75) is 12.8 Å². The number of nitrogen functional groups attached to an aromatic ring is 1. The Kier molecular flexibility index (Phi) is 2.92. The topological polar surface area (TPSA) is 54.7 Å². The van der Waals surface area contributed by atoms with Crippen LogP contribution >= 0.6 is 11.6 Å². The third-order valence-corrected chi connectivity index (χ3v) is 2.64. The average molecular weight is 222 g/mol. The van der Waals surface area contributed by atoms with Crippen LogP contribution in [0.2, 0.25) is 5.02 Å². The summed E-state index contributed by atoms with van der Waals surface area (Å²) in [5.74, 6) is 0.462. The van der Waals surface area contributed by atoms with E-state index in [9.17, 15) is 0 Å². The van der Waals surface area contributed by atoms with Crippen molar-refractivity contribution in [1.82, 2.24) is 9.97 Å². The molecule has 0 amide bonds. The summed E-state index contributed by atoms with van der Waals surface area (Å²) in [5.41, 5.74) is 7.67. The summed E-state index contributed by atoms with van der Waals surface area (Å²) in [6.07, 6.45) is 3.52. The van der Waals surface area contributed by atoms with Gasteiger partial charge in [-0.1, -0.05) is 29.8 Å². The number of halogens is 1. The standard InChI is InChI=1S/C11H12ClN3/c12-10-4-2-1-3-8(10)5-6-9-7-14-11(13)15-9/h1-4,7H,5-6H2,(H3,13,14,15). The molecule has 0 spiro atoms. The molecule has 0 aliphatic heterocycles. The Labute approximate surface area is 93.3 Å². The van der Waals surface area contributed by atoms with Gasteiger partial charge in [0.25, 0.3) is 0 Å². The van der Waals surface area contributed by atoms with E-state index < -0.39 is 0 Å². The largest absolute Gasteiger partial charge is 0.369 e. The zero-order valence-corrected chi connectivity index (χ0v) is 8.96. The van der Waals surface area contributed by atoms with Gasteiger partial charge in [0.1, 0.15) is 0 Å². The minimum absolute atomic E-state index is 0.462. The summed E-state index contributed by atoms with van der Waals surface area (Å²) in [7, 11) is 0. The molecule has 3 nitrogen and oxygen atoms in total. The molecule has 0 aliphatic carbocycles. The van der Waals surface area contributed by atoms with E-state index in [4.69, 9.17) is 17.3 Å². The molecule has 0 saturated heterocycles. The molecule has 1 aromatic carbocycles. The van der Waals surface area contributed by atoms with Gasteiger partial charge >= 0.3 is 0 Å². The number of nitrogens with zero attached hydrogens (tertiary/aromatic N) is 1. The summed E-state index contributed by atoms with van der Waals surface area (Å²) in [6, 6.07) is 7.85. The van der Waals surface area contributed by atoms with Crippen LogP contribution in [0.3, 0.4) is 0 Å². The van der Waals surface area contributed by atoms with E-state index >= 15 is 0 Å². The van der Waals surface area contributed by atoms with Crippen LogP contribution in [0.4, 0.5) is 5.95 Å². The zero-order chi connectivity index (χ0) is 10.7. The number of hydrogen-bond donors (Lipinski definition) is 2. The van der Waals surface area contributed by atoms with E-state index in [1.165, 1.54) is 0 Å². The summed E-state index contributed by atoms with van der Waals surface area (Å²) >= 11 is 6.05. The Morgan fingerprint density at radius 1 is 1.27 bits per heavy atom. The summed E-state index contributed by atoms with van der Waals surface area (Å²) in [6.45, 7) is 0. The average Bonchev–Trinajstić information content (AvgIpc) is 2.63. The fraction of sp³-hybridized carbons (Fsp3) is 0.182. The highest BCUT2D eigenvalue weighted by atomic mass is 35.5. The first-order valence-electron chi connectivity index (χ1n) is 4.78. The molecule has 4 heteroatoms. The predicted molar refractivity (Wildman–Crippen MR) is 61.9 cm³/mol. The van der Waals surface area contributed by atoms with Crippen LogP contribution in [0.1, 0.15) is 11.3 Å². The predicted octanol–water partition coefficient (Wildman–Crippen LogP) is 2.43. The molecule has 0 unspecified atom stereocenters. The third-order valence-electron chi connectivity index (χ3n) is 2.27. The lowest BCUT2D eigenvalue weighted by Gasteiger charge is -2.01. The lowest BCUT2D eigenvalue weighted by Crippen LogP contribution is -1.93. The van der Waals surface area contributed by atoms with Crippen LogP contribution < -0.4 is 5.73 Å². The Morgan fingerprint density at radius 2 is 2.07 bits per heavy atom. The lowest BCUT2D eigenvalue weighted by atomic mass is 10.1. The number of nitrogens with one attached hydrogen (secondary N) is 1. The molecule has 0 saturated carbocycles. The maximum Gasteiger partial charge on any atom is 0.197 e. The molecular formula is C11H12ClN3. The summed E-state index contributed by atoms with van der Waals surface area (Å²) in [5, 5.41) is 0.810. The van der Waals surface area contributed by atoms with Crippen molar-refractivity contribution in [2.75, 3.05) is 5.73 Å². The van der Waals surface area contributed by atoms with Crippen molar-refractivity contribution in [2.24, 2.45) is 0 Å². The second kappa shape index (κ2) is 4.36. The number of rotatable bonds is 3. The van der Waals surface area contributed by atoms with Gasteiger partial charge < -0.3 is 10.7 Å². The van der Waals surface area contributed by atoms with E-state index in [1.54, 1.807) is 6.20 Å². The molecule has 1 aromatic heterocycles. The highest BCUT2D eigenvalue weighted by Crippen LogP contribution is 2.16. The first kappa shape index (κ1) is 10.1. The lowest BCUT2D eigenvalue weighted by molar-refractivity contribution is 0.927. The molecule has 0 radical (unpaired) electrons. The molecule has 0 aliphatic rings. The molecule has 0 bridgehead atoms. The van der Waals surface area contributed by atoms with Crippen molar-refractivity contribution in [3.8, 4) is 0 Å². The fourth-order valence-corrected chi connectivity index (χ4v) is 1.70. The highest BCUT2D eigenvalue weighted by Gasteiger charge is 2.01. The van der Waals surface area contributed by atoms with E-state index in [2.05, 4.69) is 9.97 Å². The Morgan fingerprint density at radius 3 is 2.73 bits per heavy atom. The van der Waals surface area contributed by atoms with Gasteiger partial charge in [0, 0.05) is 10.7 Å². The number of hydrogen-bond acceptors (Lipinski definition) is 2. The second-order valence-corrected chi connectivity index (χ2v) is 3.79. The Bertz CT molecular complexity index is 451. The molecule has 2 aromatic rings. The van der Waals surface area contributed by atoms with Gasteiger partial charge in [0.05, 0.1) is 6.20 Å². The first-order valence-corrected chi connectivity index (χ1v) is 5.16.